The summed E-state index contributed by atoms with van der Waals surface area (Å²) in [6.45, 7) is 3.67. The van der Waals surface area contributed by atoms with Crippen LogP contribution in [-0.4, -0.2) is 24.8 Å². The van der Waals surface area contributed by atoms with Gasteiger partial charge in [0.1, 0.15) is 17.1 Å². The second-order valence-electron chi connectivity index (χ2n) is 5.35. The number of ether oxygens (including phenoxy) is 2. The monoisotopic (exact) mass is 247 g/mol. The Hall–Kier alpha value is -1.22. The molecule has 1 aromatic carbocycles. The summed E-state index contributed by atoms with van der Waals surface area (Å²) in [5.41, 5.74) is 0.0490. The van der Waals surface area contributed by atoms with Gasteiger partial charge in [-0.05, 0) is 44.7 Å². The largest absolute Gasteiger partial charge is 0.494 e. The molecule has 1 N–H and O–H groups in total. The lowest BCUT2D eigenvalue weighted by Crippen LogP contribution is -2.34. The minimum atomic E-state index is 0.0490. The molecule has 0 heterocycles. The first-order chi connectivity index (χ1) is 8.80. The van der Waals surface area contributed by atoms with Gasteiger partial charge in [-0.15, -0.1) is 0 Å². The third-order valence-electron chi connectivity index (χ3n) is 3.55. The van der Waals surface area contributed by atoms with Crippen LogP contribution >= 0.6 is 0 Å². The van der Waals surface area contributed by atoms with Crippen molar-refractivity contribution in [2.75, 3.05) is 13.2 Å². The number of hydrogen-bond donors (Lipinski definition) is 1. The van der Waals surface area contributed by atoms with Crippen molar-refractivity contribution in [3.63, 3.8) is 0 Å². The zero-order chi connectivity index (χ0) is 12.4. The second-order valence-corrected chi connectivity index (χ2v) is 5.35. The molecule has 0 spiro atoms. The average molecular weight is 247 g/mol. The smallest absolute Gasteiger partial charge is 0.123 e. The molecule has 3 nitrogen and oxygen atoms in total. The Labute approximate surface area is 108 Å². The van der Waals surface area contributed by atoms with Crippen molar-refractivity contribution < 1.29 is 9.47 Å². The van der Waals surface area contributed by atoms with Gasteiger partial charge in [0.15, 0.2) is 0 Å². The first-order valence-electron chi connectivity index (χ1n) is 6.95. The molecule has 0 atom stereocenters. The Bertz CT molecular complexity index is 411. The van der Waals surface area contributed by atoms with Crippen LogP contribution in [0.25, 0.3) is 0 Å². The van der Waals surface area contributed by atoms with Crippen LogP contribution < -0.4 is 14.8 Å². The van der Waals surface area contributed by atoms with Crippen LogP contribution in [0.15, 0.2) is 24.3 Å². The number of nitrogens with one attached hydrogen (secondary N) is 1. The van der Waals surface area contributed by atoms with Crippen molar-refractivity contribution >= 4 is 0 Å². The van der Waals surface area contributed by atoms with Crippen molar-refractivity contribution in [1.29, 1.82) is 0 Å². The molecule has 0 aromatic heterocycles. The lowest BCUT2D eigenvalue weighted by molar-refractivity contribution is 0.174. The molecule has 1 aromatic rings. The van der Waals surface area contributed by atoms with E-state index in [1.165, 1.54) is 12.8 Å². The summed E-state index contributed by atoms with van der Waals surface area (Å²) < 4.78 is 11.6. The van der Waals surface area contributed by atoms with E-state index in [9.17, 15) is 0 Å². The molecular weight excluding hydrogens is 226 g/mol. The van der Waals surface area contributed by atoms with Gasteiger partial charge in [-0.1, -0.05) is 6.07 Å². The SMILES string of the molecule is CCOc1cccc(OC2(CNC3CC3)CC2)c1. The zero-order valence-corrected chi connectivity index (χ0v) is 10.9. The highest BCUT2D eigenvalue weighted by molar-refractivity contribution is 5.34. The van der Waals surface area contributed by atoms with Gasteiger partial charge in [0.2, 0.25) is 0 Å². The Morgan fingerprint density at radius 3 is 2.72 bits per heavy atom. The van der Waals surface area contributed by atoms with Crippen molar-refractivity contribution in [1.82, 2.24) is 5.32 Å². The molecule has 18 heavy (non-hydrogen) atoms. The first-order valence-corrected chi connectivity index (χ1v) is 6.95. The van der Waals surface area contributed by atoms with Crippen LogP contribution in [-0.2, 0) is 0 Å². The molecule has 2 aliphatic rings. The standard InChI is InChI=1S/C15H21NO2/c1-2-17-13-4-3-5-14(10-13)18-15(8-9-15)11-16-12-6-7-12/h3-5,10,12,16H,2,6-9,11H2,1H3. The first kappa shape index (κ1) is 11.8. The summed E-state index contributed by atoms with van der Waals surface area (Å²) in [5.74, 6) is 1.82. The predicted octanol–water partition coefficient (Wildman–Crippen LogP) is 2.75. The second kappa shape index (κ2) is 4.81. The average Bonchev–Trinajstić information content (AvgIpc) is 3.24. The quantitative estimate of drug-likeness (QED) is 0.803. The van der Waals surface area contributed by atoms with Crippen LogP contribution in [0, 0.1) is 0 Å². The summed E-state index contributed by atoms with van der Waals surface area (Å²) in [6.07, 6.45) is 4.98. The molecule has 0 amide bonds. The van der Waals surface area contributed by atoms with Crippen molar-refractivity contribution in [2.24, 2.45) is 0 Å². The van der Waals surface area contributed by atoms with E-state index in [0.717, 1.165) is 36.9 Å². The van der Waals surface area contributed by atoms with Gasteiger partial charge in [0.25, 0.3) is 0 Å². The van der Waals surface area contributed by atoms with E-state index in [2.05, 4.69) is 5.32 Å². The predicted molar refractivity (Wildman–Crippen MR) is 71.2 cm³/mol. The fourth-order valence-corrected chi connectivity index (χ4v) is 2.12. The fraction of sp³-hybridized carbons (Fsp3) is 0.600. The normalized spacial score (nSPS) is 20.5. The highest BCUT2D eigenvalue weighted by Crippen LogP contribution is 2.41. The van der Waals surface area contributed by atoms with Gasteiger partial charge in [-0.3, -0.25) is 0 Å². The van der Waals surface area contributed by atoms with Gasteiger partial charge >= 0.3 is 0 Å². The maximum atomic E-state index is 6.14. The third-order valence-corrected chi connectivity index (χ3v) is 3.55. The molecule has 3 rings (SSSR count). The van der Waals surface area contributed by atoms with Gasteiger partial charge in [-0.2, -0.15) is 0 Å². The van der Waals surface area contributed by atoms with Crippen molar-refractivity contribution in [2.45, 2.75) is 44.2 Å². The van der Waals surface area contributed by atoms with E-state index in [-0.39, 0.29) is 5.60 Å². The van der Waals surface area contributed by atoms with Crippen LogP contribution in [0.2, 0.25) is 0 Å². The molecule has 2 aliphatic carbocycles. The van der Waals surface area contributed by atoms with Gasteiger partial charge in [0.05, 0.1) is 6.61 Å². The summed E-state index contributed by atoms with van der Waals surface area (Å²) in [4.78, 5) is 0. The highest BCUT2D eigenvalue weighted by atomic mass is 16.5. The summed E-state index contributed by atoms with van der Waals surface area (Å²) >= 11 is 0. The summed E-state index contributed by atoms with van der Waals surface area (Å²) in [5, 5.41) is 3.56. The number of rotatable bonds is 7. The van der Waals surface area contributed by atoms with Gasteiger partial charge < -0.3 is 14.8 Å². The molecule has 0 radical (unpaired) electrons. The van der Waals surface area contributed by atoms with E-state index >= 15 is 0 Å². The Morgan fingerprint density at radius 1 is 1.28 bits per heavy atom. The van der Waals surface area contributed by atoms with E-state index < -0.39 is 0 Å². The van der Waals surface area contributed by atoms with E-state index in [0.29, 0.717) is 6.61 Å². The Balaban J connectivity index is 1.58. The zero-order valence-electron chi connectivity index (χ0n) is 10.9. The number of benzene rings is 1. The summed E-state index contributed by atoms with van der Waals surface area (Å²) in [7, 11) is 0. The van der Waals surface area contributed by atoms with Crippen molar-refractivity contribution in [3.05, 3.63) is 24.3 Å². The Kier molecular flexibility index (Phi) is 3.16. The minimum Gasteiger partial charge on any atom is -0.494 e. The van der Waals surface area contributed by atoms with Crippen LogP contribution in [0.3, 0.4) is 0 Å². The highest BCUT2D eigenvalue weighted by Gasteiger charge is 2.46. The van der Waals surface area contributed by atoms with Gasteiger partial charge in [-0.25, -0.2) is 0 Å². The lowest BCUT2D eigenvalue weighted by atomic mass is 10.3. The minimum absolute atomic E-state index is 0.0490. The molecule has 0 saturated heterocycles. The van der Waals surface area contributed by atoms with Crippen LogP contribution in [0.4, 0.5) is 0 Å². The van der Waals surface area contributed by atoms with Crippen LogP contribution in [0.1, 0.15) is 32.6 Å². The fourth-order valence-electron chi connectivity index (χ4n) is 2.12. The molecule has 0 bridgehead atoms. The molecule has 98 valence electrons. The summed E-state index contributed by atoms with van der Waals surface area (Å²) in [6, 6.07) is 8.71. The molecule has 2 saturated carbocycles. The van der Waals surface area contributed by atoms with E-state index in [1.807, 2.05) is 31.2 Å². The molecule has 2 fully saturated rings. The topological polar surface area (TPSA) is 30.5 Å². The maximum Gasteiger partial charge on any atom is 0.123 e. The van der Waals surface area contributed by atoms with Crippen LogP contribution in [0.5, 0.6) is 11.5 Å². The molecule has 0 aliphatic heterocycles. The van der Waals surface area contributed by atoms with E-state index in [4.69, 9.17) is 9.47 Å². The maximum absolute atomic E-state index is 6.14. The molecule has 3 heteroatoms. The lowest BCUT2D eigenvalue weighted by Gasteiger charge is -2.19. The molecular formula is C15H21NO2. The van der Waals surface area contributed by atoms with Crippen molar-refractivity contribution in [3.8, 4) is 11.5 Å². The number of hydrogen-bond acceptors (Lipinski definition) is 3. The third kappa shape index (κ3) is 2.96. The Morgan fingerprint density at radius 2 is 2.06 bits per heavy atom. The van der Waals surface area contributed by atoms with E-state index in [1.54, 1.807) is 0 Å². The molecule has 0 unspecified atom stereocenters. The van der Waals surface area contributed by atoms with Gasteiger partial charge in [0, 0.05) is 18.7 Å².